The van der Waals surface area contributed by atoms with Crippen molar-refractivity contribution in [2.75, 3.05) is 6.61 Å². The average molecular weight is 344 g/mol. The molecule has 1 aromatic rings. The zero-order chi connectivity index (χ0) is 15.1. The highest BCUT2D eigenvalue weighted by atomic mass is 79.9. The van der Waals surface area contributed by atoms with E-state index in [2.05, 4.69) is 26.0 Å². The molecule has 0 aliphatic heterocycles. The summed E-state index contributed by atoms with van der Waals surface area (Å²) in [4.78, 5) is 33.2. The Morgan fingerprint density at radius 1 is 1.40 bits per heavy atom. The first-order chi connectivity index (χ1) is 9.38. The lowest BCUT2D eigenvalue weighted by atomic mass is 10.1. The first kappa shape index (κ1) is 16.2. The van der Waals surface area contributed by atoms with Gasteiger partial charge in [0.15, 0.2) is 6.61 Å². The third kappa shape index (κ3) is 5.83. The number of nitrogens with one attached hydrogen (secondary N) is 1. The van der Waals surface area contributed by atoms with Crippen LogP contribution in [0.5, 0.6) is 0 Å². The monoisotopic (exact) mass is 343 g/mol. The minimum Gasteiger partial charge on any atom is -0.480 e. The van der Waals surface area contributed by atoms with Crippen LogP contribution in [0.25, 0.3) is 0 Å². The molecule has 0 aromatic heterocycles. The molecule has 0 radical (unpaired) electrons. The molecule has 1 aromatic carbocycles. The van der Waals surface area contributed by atoms with Gasteiger partial charge in [0.05, 0.1) is 0 Å². The number of carbonyl (C=O) groups excluding carboxylic acids is 2. The number of rotatable bonds is 6. The number of hydrogen-bond acceptors (Lipinski definition) is 4. The van der Waals surface area contributed by atoms with Crippen LogP contribution in [-0.2, 0) is 25.5 Å². The van der Waals surface area contributed by atoms with E-state index in [1.54, 1.807) is 18.2 Å². The summed E-state index contributed by atoms with van der Waals surface area (Å²) in [5, 5.41) is 11.4. The fourth-order valence-corrected chi connectivity index (χ4v) is 1.95. The zero-order valence-electron chi connectivity index (χ0n) is 10.8. The predicted octanol–water partition coefficient (Wildman–Crippen LogP) is 1.12. The summed E-state index contributed by atoms with van der Waals surface area (Å²) >= 11 is 3.29. The van der Waals surface area contributed by atoms with Gasteiger partial charge in [-0.25, -0.2) is 4.79 Å². The fourth-order valence-electron chi connectivity index (χ4n) is 1.50. The maximum atomic E-state index is 11.5. The maximum absolute atomic E-state index is 11.5. The van der Waals surface area contributed by atoms with Crippen LogP contribution >= 0.6 is 15.9 Å². The van der Waals surface area contributed by atoms with Gasteiger partial charge in [-0.1, -0.05) is 28.1 Å². The van der Waals surface area contributed by atoms with Gasteiger partial charge in [0.1, 0.15) is 6.04 Å². The summed E-state index contributed by atoms with van der Waals surface area (Å²) in [6, 6.07) is 6.05. The SMILES string of the molecule is CC(=O)OCC(=O)N[C@@H](Cc1cccc(Br)c1)C(=O)O. The topological polar surface area (TPSA) is 92.7 Å². The van der Waals surface area contributed by atoms with E-state index >= 15 is 0 Å². The van der Waals surface area contributed by atoms with E-state index in [9.17, 15) is 14.4 Å². The van der Waals surface area contributed by atoms with Gasteiger partial charge in [-0.15, -0.1) is 0 Å². The molecule has 0 aliphatic rings. The highest BCUT2D eigenvalue weighted by Gasteiger charge is 2.20. The highest BCUT2D eigenvalue weighted by Crippen LogP contribution is 2.13. The summed E-state index contributed by atoms with van der Waals surface area (Å²) < 4.78 is 5.33. The second kappa shape index (κ2) is 7.64. The molecule has 0 heterocycles. The Morgan fingerprint density at radius 3 is 2.65 bits per heavy atom. The minimum atomic E-state index is -1.15. The van der Waals surface area contributed by atoms with Crippen molar-refractivity contribution in [3.05, 3.63) is 34.3 Å². The number of hydrogen-bond donors (Lipinski definition) is 2. The molecule has 1 rings (SSSR count). The van der Waals surface area contributed by atoms with E-state index in [0.29, 0.717) is 0 Å². The number of carboxylic acid groups (broad SMARTS) is 1. The Morgan fingerprint density at radius 2 is 2.10 bits per heavy atom. The maximum Gasteiger partial charge on any atom is 0.326 e. The molecule has 0 unspecified atom stereocenters. The second-order valence-electron chi connectivity index (χ2n) is 4.07. The lowest BCUT2D eigenvalue weighted by molar-refractivity contribution is -0.148. The standard InChI is InChI=1S/C13H14BrNO5/c1-8(16)20-7-12(17)15-11(13(18)19)6-9-3-2-4-10(14)5-9/h2-5,11H,6-7H2,1H3,(H,15,17)(H,18,19)/t11-/m0/s1. The van der Waals surface area contributed by atoms with E-state index in [4.69, 9.17) is 5.11 Å². The molecule has 20 heavy (non-hydrogen) atoms. The first-order valence-electron chi connectivity index (χ1n) is 5.78. The van der Waals surface area contributed by atoms with Crippen LogP contribution in [0.1, 0.15) is 12.5 Å². The summed E-state index contributed by atoms with van der Waals surface area (Å²) in [6.45, 7) is 0.682. The van der Waals surface area contributed by atoms with E-state index in [-0.39, 0.29) is 6.42 Å². The van der Waals surface area contributed by atoms with Crippen LogP contribution in [-0.4, -0.2) is 35.6 Å². The average Bonchev–Trinajstić information content (AvgIpc) is 2.35. The quantitative estimate of drug-likeness (QED) is 0.755. The van der Waals surface area contributed by atoms with E-state index < -0.39 is 30.5 Å². The minimum absolute atomic E-state index is 0.139. The Hall–Kier alpha value is -1.89. The van der Waals surface area contributed by atoms with Gasteiger partial charge in [0.25, 0.3) is 5.91 Å². The molecular formula is C13H14BrNO5. The third-order valence-corrected chi connectivity index (χ3v) is 2.86. The van der Waals surface area contributed by atoms with Crippen molar-refractivity contribution in [3.8, 4) is 0 Å². The zero-order valence-corrected chi connectivity index (χ0v) is 12.3. The number of ether oxygens (including phenoxy) is 1. The van der Waals surface area contributed by atoms with Crippen LogP contribution in [0.2, 0.25) is 0 Å². The van der Waals surface area contributed by atoms with Crippen molar-refractivity contribution in [2.45, 2.75) is 19.4 Å². The van der Waals surface area contributed by atoms with Crippen LogP contribution in [0.15, 0.2) is 28.7 Å². The molecule has 0 bridgehead atoms. The molecule has 1 atom stereocenters. The molecule has 108 valence electrons. The van der Waals surface area contributed by atoms with E-state index in [1.165, 1.54) is 6.92 Å². The van der Waals surface area contributed by atoms with Crippen molar-refractivity contribution in [2.24, 2.45) is 0 Å². The molecule has 0 saturated carbocycles. The molecule has 0 fully saturated rings. The predicted molar refractivity (Wildman–Crippen MR) is 74.0 cm³/mol. The van der Waals surface area contributed by atoms with Crippen molar-refractivity contribution in [1.29, 1.82) is 0 Å². The molecule has 0 spiro atoms. The Balaban J connectivity index is 2.63. The van der Waals surface area contributed by atoms with Gasteiger partial charge in [0, 0.05) is 17.8 Å². The van der Waals surface area contributed by atoms with E-state index in [0.717, 1.165) is 10.0 Å². The van der Waals surface area contributed by atoms with E-state index in [1.807, 2.05) is 6.07 Å². The van der Waals surface area contributed by atoms with Crippen molar-refractivity contribution >= 4 is 33.8 Å². The van der Waals surface area contributed by atoms with Crippen LogP contribution in [0, 0.1) is 0 Å². The highest BCUT2D eigenvalue weighted by molar-refractivity contribution is 9.10. The summed E-state index contributed by atoms with van der Waals surface area (Å²) in [7, 11) is 0. The van der Waals surface area contributed by atoms with Crippen molar-refractivity contribution in [3.63, 3.8) is 0 Å². The Labute approximate surface area is 124 Å². The van der Waals surface area contributed by atoms with Crippen LogP contribution in [0.4, 0.5) is 0 Å². The summed E-state index contributed by atoms with van der Waals surface area (Å²) in [5.41, 5.74) is 0.763. The fraction of sp³-hybridized carbons (Fsp3) is 0.308. The molecule has 7 heteroatoms. The van der Waals surface area contributed by atoms with Gasteiger partial charge in [-0.05, 0) is 17.7 Å². The number of aliphatic carboxylic acids is 1. The molecule has 6 nitrogen and oxygen atoms in total. The van der Waals surface area contributed by atoms with Crippen LogP contribution in [0.3, 0.4) is 0 Å². The van der Waals surface area contributed by atoms with Gasteiger partial charge in [0.2, 0.25) is 0 Å². The third-order valence-electron chi connectivity index (χ3n) is 2.37. The molecular weight excluding hydrogens is 330 g/mol. The number of halogens is 1. The molecule has 2 N–H and O–H groups in total. The molecule has 1 amide bonds. The summed E-state index contributed by atoms with van der Waals surface area (Å²) in [5.74, 6) is -2.40. The van der Waals surface area contributed by atoms with Gasteiger partial charge in [-0.3, -0.25) is 9.59 Å². The Kier molecular flexibility index (Phi) is 6.17. The van der Waals surface area contributed by atoms with Gasteiger partial charge >= 0.3 is 11.9 Å². The normalized spacial score (nSPS) is 11.5. The lowest BCUT2D eigenvalue weighted by Crippen LogP contribution is -2.44. The molecule has 0 aliphatic carbocycles. The first-order valence-corrected chi connectivity index (χ1v) is 6.57. The second-order valence-corrected chi connectivity index (χ2v) is 4.99. The number of carbonyl (C=O) groups is 3. The number of esters is 1. The van der Waals surface area contributed by atoms with Crippen LogP contribution < -0.4 is 5.32 Å². The smallest absolute Gasteiger partial charge is 0.326 e. The number of benzene rings is 1. The number of carboxylic acids is 1. The van der Waals surface area contributed by atoms with Crippen molar-refractivity contribution < 1.29 is 24.2 Å². The van der Waals surface area contributed by atoms with Gasteiger partial charge < -0.3 is 15.2 Å². The largest absolute Gasteiger partial charge is 0.480 e. The lowest BCUT2D eigenvalue weighted by Gasteiger charge is -2.14. The molecule has 0 saturated heterocycles. The van der Waals surface area contributed by atoms with Crippen molar-refractivity contribution in [1.82, 2.24) is 5.32 Å². The van der Waals surface area contributed by atoms with Gasteiger partial charge in [-0.2, -0.15) is 0 Å². The summed E-state index contributed by atoms with van der Waals surface area (Å²) in [6.07, 6.45) is 0.139. The number of amides is 1. The Bertz CT molecular complexity index is 517.